The lowest BCUT2D eigenvalue weighted by Gasteiger charge is -2.23. The van der Waals surface area contributed by atoms with Gasteiger partial charge in [0.15, 0.2) is 0 Å². The minimum Gasteiger partial charge on any atom is -0.343 e. The van der Waals surface area contributed by atoms with Crippen molar-refractivity contribution in [3.63, 3.8) is 0 Å². The number of nitrogens with one attached hydrogen (secondary N) is 1. The van der Waals surface area contributed by atoms with Crippen LogP contribution in [0.4, 0.5) is 0 Å². The minimum absolute atomic E-state index is 0.132. The predicted molar refractivity (Wildman–Crippen MR) is 68.6 cm³/mol. The van der Waals surface area contributed by atoms with Gasteiger partial charge in [-0.15, -0.1) is 0 Å². The Labute approximate surface area is 103 Å². The van der Waals surface area contributed by atoms with Gasteiger partial charge < -0.3 is 16.0 Å². The third-order valence-electron chi connectivity index (χ3n) is 3.64. The highest BCUT2D eigenvalue weighted by atomic mass is 16.2. The van der Waals surface area contributed by atoms with Crippen LogP contribution in [-0.2, 0) is 4.79 Å². The summed E-state index contributed by atoms with van der Waals surface area (Å²) in [5.74, 6) is 0.261. The van der Waals surface area contributed by atoms with Gasteiger partial charge in [0.05, 0.1) is 0 Å². The first kappa shape index (κ1) is 12.6. The molecule has 0 aromatic rings. The van der Waals surface area contributed by atoms with Crippen molar-refractivity contribution in [3.8, 4) is 0 Å². The van der Waals surface area contributed by atoms with Gasteiger partial charge in [0, 0.05) is 38.1 Å². The summed E-state index contributed by atoms with van der Waals surface area (Å²) >= 11 is 0. The summed E-state index contributed by atoms with van der Waals surface area (Å²) in [6.45, 7) is 2.40. The molecule has 0 aromatic heterocycles. The van der Waals surface area contributed by atoms with Crippen LogP contribution in [0.5, 0.6) is 0 Å². The van der Waals surface area contributed by atoms with Crippen LogP contribution in [0.15, 0.2) is 12.2 Å². The highest BCUT2D eigenvalue weighted by molar-refractivity contribution is 5.77. The second-order valence-electron chi connectivity index (χ2n) is 5.03. The molecule has 0 spiro atoms. The van der Waals surface area contributed by atoms with Crippen molar-refractivity contribution in [2.75, 3.05) is 19.6 Å². The molecule has 0 saturated carbocycles. The number of carbonyl (C=O) groups excluding carboxylic acids is 1. The summed E-state index contributed by atoms with van der Waals surface area (Å²) in [5.41, 5.74) is 5.74. The van der Waals surface area contributed by atoms with E-state index in [0.29, 0.717) is 19.0 Å². The molecule has 4 nitrogen and oxygen atoms in total. The number of hydrogen-bond donors (Lipinski definition) is 2. The maximum Gasteiger partial charge on any atom is 0.224 e. The first-order chi connectivity index (χ1) is 8.29. The van der Waals surface area contributed by atoms with E-state index in [1.165, 1.54) is 0 Å². The van der Waals surface area contributed by atoms with E-state index in [0.717, 1.165) is 38.8 Å². The van der Waals surface area contributed by atoms with E-state index in [2.05, 4.69) is 17.5 Å². The third-order valence-corrected chi connectivity index (χ3v) is 3.64. The summed E-state index contributed by atoms with van der Waals surface area (Å²) in [4.78, 5) is 14.0. The molecule has 4 heteroatoms. The summed E-state index contributed by atoms with van der Waals surface area (Å²) in [7, 11) is 0. The fourth-order valence-electron chi connectivity index (χ4n) is 2.60. The smallest absolute Gasteiger partial charge is 0.224 e. The van der Waals surface area contributed by atoms with Gasteiger partial charge in [-0.3, -0.25) is 4.79 Å². The molecule has 1 saturated heterocycles. The first-order valence-electron chi connectivity index (χ1n) is 6.68. The number of amides is 1. The van der Waals surface area contributed by atoms with E-state index < -0.39 is 0 Å². The summed E-state index contributed by atoms with van der Waals surface area (Å²) in [5, 5.41) is 3.48. The van der Waals surface area contributed by atoms with Crippen molar-refractivity contribution in [1.29, 1.82) is 0 Å². The number of hydrogen-bond acceptors (Lipinski definition) is 3. The Hall–Kier alpha value is -0.870. The molecular weight excluding hydrogens is 214 g/mol. The Balaban J connectivity index is 1.75. The second-order valence-corrected chi connectivity index (χ2v) is 5.03. The highest BCUT2D eigenvalue weighted by Gasteiger charge is 2.22. The van der Waals surface area contributed by atoms with Crippen molar-refractivity contribution in [3.05, 3.63) is 12.2 Å². The molecule has 1 atom stereocenters. The van der Waals surface area contributed by atoms with E-state index in [9.17, 15) is 4.79 Å². The normalized spacial score (nSPS) is 22.3. The van der Waals surface area contributed by atoms with E-state index in [-0.39, 0.29) is 11.9 Å². The molecule has 1 unspecified atom stereocenters. The Morgan fingerprint density at radius 1 is 1.35 bits per heavy atom. The van der Waals surface area contributed by atoms with Gasteiger partial charge in [-0.2, -0.15) is 0 Å². The van der Waals surface area contributed by atoms with Crippen LogP contribution in [0.2, 0.25) is 0 Å². The van der Waals surface area contributed by atoms with Crippen LogP contribution in [0.1, 0.15) is 32.1 Å². The zero-order valence-corrected chi connectivity index (χ0v) is 10.4. The SMILES string of the molecule is NCC(CC(=O)N1CCCC1)NC1CC=CC1. The zero-order chi connectivity index (χ0) is 12.1. The van der Waals surface area contributed by atoms with Crippen LogP contribution >= 0.6 is 0 Å². The van der Waals surface area contributed by atoms with Gasteiger partial charge in [-0.25, -0.2) is 0 Å². The molecule has 0 radical (unpaired) electrons. The minimum atomic E-state index is 0.132. The molecular formula is C13H23N3O. The quantitative estimate of drug-likeness (QED) is 0.690. The fraction of sp³-hybridized carbons (Fsp3) is 0.769. The number of likely N-dealkylation sites (tertiary alicyclic amines) is 1. The molecule has 2 aliphatic rings. The van der Waals surface area contributed by atoms with Crippen LogP contribution in [0.3, 0.4) is 0 Å². The van der Waals surface area contributed by atoms with Crippen molar-refractivity contribution in [2.45, 2.75) is 44.2 Å². The average Bonchev–Trinajstić information content (AvgIpc) is 3.00. The van der Waals surface area contributed by atoms with Crippen molar-refractivity contribution in [2.24, 2.45) is 5.73 Å². The van der Waals surface area contributed by atoms with Crippen LogP contribution < -0.4 is 11.1 Å². The van der Waals surface area contributed by atoms with Gasteiger partial charge in [0.1, 0.15) is 0 Å². The molecule has 1 aliphatic heterocycles. The molecule has 1 aliphatic carbocycles. The molecule has 2 rings (SSSR count). The van der Waals surface area contributed by atoms with Crippen LogP contribution in [0, 0.1) is 0 Å². The molecule has 1 amide bonds. The van der Waals surface area contributed by atoms with Crippen molar-refractivity contribution < 1.29 is 4.79 Å². The lowest BCUT2D eigenvalue weighted by Crippen LogP contribution is -2.45. The number of nitrogens with two attached hydrogens (primary N) is 1. The van der Waals surface area contributed by atoms with Gasteiger partial charge in [-0.05, 0) is 25.7 Å². The summed E-state index contributed by atoms with van der Waals surface area (Å²) in [6.07, 6.45) is 9.36. The summed E-state index contributed by atoms with van der Waals surface area (Å²) < 4.78 is 0. The van der Waals surface area contributed by atoms with Gasteiger partial charge >= 0.3 is 0 Å². The maximum atomic E-state index is 12.0. The molecule has 1 heterocycles. The first-order valence-corrected chi connectivity index (χ1v) is 6.68. The topological polar surface area (TPSA) is 58.4 Å². The lowest BCUT2D eigenvalue weighted by molar-refractivity contribution is -0.130. The Kier molecular flexibility index (Phi) is 4.57. The van der Waals surface area contributed by atoms with Gasteiger partial charge in [-0.1, -0.05) is 12.2 Å². The molecule has 0 aromatic carbocycles. The standard InChI is InChI=1S/C13H23N3O/c14-10-12(15-11-5-1-2-6-11)9-13(17)16-7-3-4-8-16/h1-2,11-12,15H,3-10,14H2. The predicted octanol–water partition coefficient (Wildman–Crippen LogP) is 0.634. The highest BCUT2D eigenvalue weighted by Crippen LogP contribution is 2.13. The Morgan fingerprint density at radius 3 is 2.59 bits per heavy atom. The lowest BCUT2D eigenvalue weighted by atomic mass is 10.1. The average molecular weight is 237 g/mol. The molecule has 0 bridgehead atoms. The molecule has 1 fully saturated rings. The van der Waals surface area contributed by atoms with E-state index in [4.69, 9.17) is 5.73 Å². The van der Waals surface area contributed by atoms with E-state index in [1.54, 1.807) is 0 Å². The largest absolute Gasteiger partial charge is 0.343 e. The second kappa shape index (κ2) is 6.17. The fourth-order valence-corrected chi connectivity index (χ4v) is 2.60. The third kappa shape index (κ3) is 3.54. The Bertz CT molecular complexity index is 276. The van der Waals surface area contributed by atoms with Crippen LogP contribution in [0.25, 0.3) is 0 Å². The van der Waals surface area contributed by atoms with Gasteiger partial charge in [0.25, 0.3) is 0 Å². The number of rotatable bonds is 5. The number of carbonyl (C=O) groups is 1. The van der Waals surface area contributed by atoms with Crippen molar-refractivity contribution in [1.82, 2.24) is 10.2 Å². The summed E-state index contributed by atoms with van der Waals surface area (Å²) in [6, 6.07) is 0.614. The van der Waals surface area contributed by atoms with E-state index >= 15 is 0 Å². The molecule has 17 heavy (non-hydrogen) atoms. The van der Waals surface area contributed by atoms with E-state index in [1.807, 2.05) is 4.90 Å². The monoisotopic (exact) mass is 237 g/mol. The molecule has 3 N–H and O–H groups in total. The molecule has 96 valence electrons. The number of nitrogens with zero attached hydrogens (tertiary/aromatic N) is 1. The zero-order valence-electron chi connectivity index (χ0n) is 10.4. The van der Waals surface area contributed by atoms with Gasteiger partial charge in [0.2, 0.25) is 5.91 Å². The van der Waals surface area contributed by atoms with Crippen LogP contribution in [-0.4, -0.2) is 42.5 Å². The van der Waals surface area contributed by atoms with Crippen molar-refractivity contribution >= 4 is 5.91 Å². The Morgan fingerprint density at radius 2 is 2.00 bits per heavy atom. The maximum absolute atomic E-state index is 12.0.